The number of phenolic OH excluding ortho intramolecular Hbond substituents is 2. The fraction of sp³-hybridized carbons (Fsp3) is 0. The molecule has 0 saturated carbocycles. The maximum atomic E-state index is 12.5. The fourth-order valence-corrected chi connectivity index (χ4v) is 10.6. The molecule has 0 fully saturated rings. The molecule has 0 radical (unpaired) electrons. The van der Waals surface area contributed by atoms with Crippen LogP contribution in [0.15, 0.2) is 123 Å². The molecule has 66 heavy (non-hydrogen) atoms. The van der Waals surface area contributed by atoms with E-state index in [0.717, 1.165) is 72.8 Å². The van der Waals surface area contributed by atoms with Gasteiger partial charge in [0.05, 0.1) is 44.9 Å². The predicted octanol–water partition coefficient (Wildman–Crippen LogP) is 5.05. The first-order chi connectivity index (χ1) is 30.2. The number of phenols is 2. The van der Waals surface area contributed by atoms with Crippen molar-refractivity contribution in [2.75, 3.05) is 11.5 Å². The van der Waals surface area contributed by atoms with Crippen molar-refractivity contribution < 1.29 is 88.0 Å². The van der Waals surface area contributed by atoms with Gasteiger partial charge in [-0.1, -0.05) is 24.3 Å². The minimum absolute atomic E-state index is 0.290. The zero-order valence-electron chi connectivity index (χ0n) is 32.0. The molecule has 0 amide bonds. The third-order valence-corrected chi connectivity index (χ3v) is 14.4. The van der Waals surface area contributed by atoms with Crippen molar-refractivity contribution in [3.8, 4) is 11.5 Å². The molecule has 6 rings (SSSR count). The Kier molecular flexibility index (Phi) is 12.4. The van der Waals surface area contributed by atoms with Crippen molar-refractivity contribution in [2.45, 2.75) is 29.4 Å². The molecule has 26 nitrogen and oxygen atoms in total. The third-order valence-electron chi connectivity index (χ3n) is 9.06. The average Bonchev–Trinajstić information content (AvgIpc) is 3.17. The lowest BCUT2D eigenvalue weighted by Crippen LogP contribution is -2.08. The molecule has 0 spiro atoms. The van der Waals surface area contributed by atoms with E-state index in [1.165, 1.54) is 0 Å². The summed E-state index contributed by atoms with van der Waals surface area (Å²) in [5.41, 5.74) is 7.45. The smallest absolute Gasteiger partial charge is 0.296 e. The molecule has 6 aromatic rings. The molecule has 6 aromatic carbocycles. The summed E-state index contributed by atoms with van der Waals surface area (Å²) in [5.74, 6) is -1.66. The minimum Gasteiger partial charge on any atom is -0.507 e. The molecule has 0 unspecified atom stereocenters. The Hall–Kier alpha value is -6.56. The van der Waals surface area contributed by atoms with Gasteiger partial charge < -0.3 is 21.7 Å². The van der Waals surface area contributed by atoms with Gasteiger partial charge in [-0.25, -0.2) is 0 Å². The number of nitrogens with zero attached hydrogens (tertiary/aromatic N) is 4. The minimum atomic E-state index is -5.35. The second kappa shape index (κ2) is 16.7. The monoisotopic (exact) mass is 1030 g/mol. The Morgan fingerprint density at radius 3 is 0.955 bits per heavy atom. The number of nitrogen functional groups attached to an aromatic ring is 2. The molecule has 0 heterocycles. The summed E-state index contributed by atoms with van der Waals surface area (Å²) < 4.78 is 206. The van der Waals surface area contributed by atoms with E-state index in [-0.39, 0.29) is 34.6 Å². The Morgan fingerprint density at radius 1 is 0.364 bits per heavy atom. The number of hydrogen-bond acceptors (Lipinski definition) is 20. The molecular formula is C34H26N6O20S6. The largest absolute Gasteiger partial charge is 0.507 e. The number of rotatable bonds is 12. The highest BCUT2D eigenvalue weighted by molar-refractivity contribution is 7.87. The van der Waals surface area contributed by atoms with E-state index in [1.54, 1.807) is 0 Å². The van der Waals surface area contributed by atoms with Crippen LogP contribution in [-0.2, 0) is 60.7 Å². The van der Waals surface area contributed by atoms with E-state index in [2.05, 4.69) is 20.5 Å². The van der Waals surface area contributed by atoms with Crippen molar-refractivity contribution in [3.05, 3.63) is 83.9 Å². The van der Waals surface area contributed by atoms with Gasteiger partial charge in [-0.2, -0.15) is 60.7 Å². The topological polar surface area (TPSA) is 468 Å². The second-order valence-electron chi connectivity index (χ2n) is 13.3. The Morgan fingerprint density at radius 2 is 0.667 bits per heavy atom. The Labute approximate surface area is 371 Å². The molecule has 0 bridgehead atoms. The van der Waals surface area contributed by atoms with Crippen molar-refractivity contribution in [2.24, 2.45) is 20.5 Å². The normalized spacial score (nSPS) is 13.5. The summed E-state index contributed by atoms with van der Waals surface area (Å²) >= 11 is 0. The SMILES string of the molecule is Nc1c(S(=O)(=O)O)cc(S(=O)(=O)O)c2c(N=Nc3ccc(/C=C/c4ccc(N=Nc5ccc(O)c6c(N)c(S(=O)(=O)O)cc(S(=O)(=O)O)c56)cc4S(=O)(=O)O)c(S(=O)(=O)O)c3)ccc(O)c12. The first-order valence-electron chi connectivity index (χ1n) is 17.0. The van der Waals surface area contributed by atoms with Crippen molar-refractivity contribution in [3.63, 3.8) is 0 Å². The third kappa shape index (κ3) is 9.83. The highest BCUT2D eigenvalue weighted by Gasteiger charge is 2.29. The first kappa shape index (κ1) is 48.9. The van der Waals surface area contributed by atoms with Crippen molar-refractivity contribution >= 4 is 129 Å². The number of hydrogen-bond donors (Lipinski definition) is 10. The van der Waals surface area contributed by atoms with Crippen LogP contribution in [0, 0.1) is 0 Å². The van der Waals surface area contributed by atoms with Gasteiger partial charge in [0.15, 0.2) is 0 Å². The summed E-state index contributed by atoms with van der Waals surface area (Å²) in [5, 5.41) is 33.3. The van der Waals surface area contributed by atoms with Crippen LogP contribution < -0.4 is 11.5 Å². The zero-order chi connectivity index (χ0) is 49.3. The number of aromatic hydroxyl groups is 2. The van der Waals surface area contributed by atoms with Crippen molar-refractivity contribution in [1.82, 2.24) is 0 Å². The lowest BCUT2D eigenvalue weighted by molar-refractivity contribution is 0.476. The van der Waals surface area contributed by atoms with Crippen LogP contribution in [0.2, 0.25) is 0 Å². The molecule has 12 N–H and O–H groups in total. The van der Waals surface area contributed by atoms with Gasteiger partial charge in [0, 0.05) is 10.8 Å². The summed E-state index contributed by atoms with van der Waals surface area (Å²) in [7, 11) is -31.5. The molecule has 0 aliphatic heterocycles. The Balaban J connectivity index is 1.41. The summed E-state index contributed by atoms with van der Waals surface area (Å²) in [6.45, 7) is 0. The van der Waals surface area contributed by atoms with Gasteiger partial charge >= 0.3 is 0 Å². The van der Waals surface area contributed by atoms with Gasteiger partial charge in [-0.15, -0.1) is 10.2 Å². The van der Waals surface area contributed by atoms with Crippen LogP contribution in [0.5, 0.6) is 11.5 Å². The number of azo groups is 2. The fourth-order valence-electron chi connectivity index (χ4n) is 6.29. The summed E-state index contributed by atoms with van der Waals surface area (Å²) in [6.07, 6.45) is 1.92. The van der Waals surface area contributed by atoms with Crippen LogP contribution in [0.1, 0.15) is 11.1 Å². The van der Waals surface area contributed by atoms with E-state index < -0.39 is 146 Å². The Bertz CT molecular complexity index is 3660. The lowest BCUT2D eigenvalue weighted by atomic mass is 10.1. The van der Waals surface area contributed by atoms with E-state index in [9.17, 15) is 88.0 Å². The zero-order valence-corrected chi connectivity index (χ0v) is 36.9. The van der Waals surface area contributed by atoms with E-state index in [1.807, 2.05) is 0 Å². The standard InChI is InChI=1S/C34H26N6O20S6/c35-33-27(65(55,56)57)13-25(63(49,50)51)29-19(7-9-21(41)31(29)33)39-37-17-5-3-15(23(11-17)61(43,44)45)1-2-16-4-6-18(12-24(16)62(46,47)48)38-40-20-8-10-22(42)32-30(20)26(64(52,53)54)14-28(34(32)36)66(58,59)60/h1-14,41-42H,35-36H2,(H,43,44,45)(H,46,47,48)(H,49,50,51)(H,52,53,54)(H,55,56,57)(H,58,59,60)/b2-1+,39-37?,40-38?. The van der Waals surface area contributed by atoms with E-state index in [4.69, 9.17) is 11.5 Å². The van der Waals surface area contributed by atoms with Crippen LogP contribution in [-0.4, -0.2) is 88.0 Å². The number of anilines is 2. The molecule has 0 atom stereocenters. The molecular weight excluding hydrogens is 1000 g/mol. The van der Waals surface area contributed by atoms with Gasteiger partial charge in [0.25, 0.3) is 60.7 Å². The van der Waals surface area contributed by atoms with Gasteiger partial charge in [-0.05, 0) is 71.8 Å². The van der Waals surface area contributed by atoms with Crippen LogP contribution in [0.25, 0.3) is 33.7 Å². The first-order valence-corrected chi connectivity index (χ1v) is 25.6. The number of benzene rings is 6. The quantitative estimate of drug-likeness (QED) is 0.0332. The van der Waals surface area contributed by atoms with Crippen LogP contribution in [0.4, 0.5) is 34.1 Å². The van der Waals surface area contributed by atoms with Crippen LogP contribution in [0.3, 0.4) is 0 Å². The molecule has 32 heteroatoms. The number of nitrogens with two attached hydrogens (primary N) is 2. The van der Waals surface area contributed by atoms with Gasteiger partial charge in [0.1, 0.15) is 40.9 Å². The highest BCUT2D eigenvalue weighted by Crippen LogP contribution is 2.45. The van der Waals surface area contributed by atoms with Gasteiger partial charge in [-0.3, -0.25) is 27.3 Å². The predicted molar refractivity (Wildman–Crippen MR) is 229 cm³/mol. The molecule has 0 aliphatic carbocycles. The molecule has 0 aliphatic rings. The molecule has 0 aromatic heterocycles. The van der Waals surface area contributed by atoms with E-state index in [0.29, 0.717) is 0 Å². The van der Waals surface area contributed by atoms with Crippen molar-refractivity contribution in [1.29, 1.82) is 0 Å². The highest BCUT2D eigenvalue weighted by atomic mass is 32.2. The average molecular weight is 1030 g/mol. The maximum absolute atomic E-state index is 12.5. The van der Waals surface area contributed by atoms with Crippen LogP contribution >= 0.6 is 0 Å². The van der Waals surface area contributed by atoms with E-state index >= 15 is 0 Å². The second-order valence-corrected chi connectivity index (χ2v) is 21.6. The summed E-state index contributed by atoms with van der Waals surface area (Å²) in [4.78, 5) is -6.58. The lowest BCUT2D eigenvalue weighted by Gasteiger charge is -2.13. The maximum Gasteiger partial charge on any atom is 0.296 e. The molecule has 0 saturated heterocycles. The number of fused-ring (bicyclic) bond motifs is 2. The summed E-state index contributed by atoms with van der Waals surface area (Å²) in [6, 6.07) is 9.88. The van der Waals surface area contributed by atoms with Gasteiger partial charge in [0.2, 0.25) is 0 Å². The molecule has 348 valence electrons.